The summed E-state index contributed by atoms with van der Waals surface area (Å²) >= 11 is 5.80. The molecule has 1 aromatic heterocycles. The summed E-state index contributed by atoms with van der Waals surface area (Å²) in [7, 11) is 0. The zero-order valence-electron chi connectivity index (χ0n) is 15.0. The number of rotatable bonds is 9. The summed E-state index contributed by atoms with van der Waals surface area (Å²) in [4.78, 5) is 8.69. The number of nitrogens with zero attached hydrogens (tertiary/aromatic N) is 2. The standard InChI is InChI=1S/C18H29ClN4O.HI/c1-2-20-18(21-11-5-13-24-16-6-3-4-7-16)22-12-10-15-8-9-17(19)23-14-15;/h8-9,14,16H,2-7,10-13H2,1H3,(H2,20,21,22);1H. The van der Waals surface area contributed by atoms with Crippen molar-refractivity contribution in [1.82, 2.24) is 15.6 Å². The monoisotopic (exact) mass is 480 g/mol. The minimum absolute atomic E-state index is 0. The predicted octanol–water partition coefficient (Wildman–Crippen LogP) is 3.80. The first-order chi connectivity index (χ1) is 11.8. The quantitative estimate of drug-likeness (QED) is 0.186. The Morgan fingerprint density at radius 2 is 2.12 bits per heavy atom. The average molecular weight is 481 g/mol. The molecule has 1 fully saturated rings. The van der Waals surface area contributed by atoms with Crippen LogP contribution in [0.1, 0.15) is 44.6 Å². The van der Waals surface area contributed by atoms with Crippen LogP contribution in [0.25, 0.3) is 0 Å². The number of aromatic nitrogens is 1. The van der Waals surface area contributed by atoms with Gasteiger partial charge in [0, 0.05) is 32.4 Å². The molecule has 0 bridgehead atoms. The molecule has 0 amide bonds. The Morgan fingerprint density at radius 1 is 1.32 bits per heavy atom. The highest BCUT2D eigenvalue weighted by atomic mass is 127. The van der Waals surface area contributed by atoms with Crippen molar-refractivity contribution in [3.63, 3.8) is 0 Å². The molecule has 0 aliphatic heterocycles. The number of nitrogens with one attached hydrogen (secondary N) is 2. The van der Waals surface area contributed by atoms with E-state index in [0.29, 0.717) is 11.3 Å². The van der Waals surface area contributed by atoms with E-state index in [0.717, 1.165) is 50.6 Å². The summed E-state index contributed by atoms with van der Waals surface area (Å²) in [6.07, 6.45) is 9.26. The maximum Gasteiger partial charge on any atom is 0.191 e. The largest absolute Gasteiger partial charge is 0.378 e. The lowest BCUT2D eigenvalue weighted by Crippen LogP contribution is -2.38. The molecule has 1 aliphatic carbocycles. The van der Waals surface area contributed by atoms with E-state index in [1.165, 1.54) is 25.7 Å². The van der Waals surface area contributed by atoms with E-state index >= 15 is 0 Å². The van der Waals surface area contributed by atoms with Crippen molar-refractivity contribution in [1.29, 1.82) is 0 Å². The molecule has 0 unspecified atom stereocenters. The van der Waals surface area contributed by atoms with Gasteiger partial charge < -0.3 is 15.4 Å². The van der Waals surface area contributed by atoms with E-state index < -0.39 is 0 Å². The minimum atomic E-state index is 0. The third-order valence-corrected chi connectivity index (χ3v) is 4.29. The number of guanidine groups is 1. The van der Waals surface area contributed by atoms with Crippen LogP contribution >= 0.6 is 35.6 Å². The van der Waals surface area contributed by atoms with Gasteiger partial charge in [-0.3, -0.25) is 4.99 Å². The first-order valence-electron chi connectivity index (χ1n) is 9.02. The lowest BCUT2D eigenvalue weighted by molar-refractivity contribution is 0.0579. The molecular weight excluding hydrogens is 451 g/mol. The normalized spacial score (nSPS) is 15.0. The molecule has 25 heavy (non-hydrogen) atoms. The van der Waals surface area contributed by atoms with Crippen molar-refractivity contribution in [2.75, 3.05) is 26.2 Å². The molecule has 1 saturated carbocycles. The Hall–Kier alpha value is -0.600. The van der Waals surface area contributed by atoms with E-state index in [4.69, 9.17) is 16.3 Å². The molecule has 0 radical (unpaired) electrons. The van der Waals surface area contributed by atoms with Gasteiger partial charge in [-0.15, -0.1) is 24.0 Å². The first kappa shape index (κ1) is 22.4. The minimum Gasteiger partial charge on any atom is -0.378 e. The number of halogens is 2. The SMILES string of the molecule is CCNC(=NCCCOC1CCCC1)NCCc1ccc(Cl)nc1.I. The van der Waals surface area contributed by atoms with Gasteiger partial charge in [0.2, 0.25) is 0 Å². The lowest BCUT2D eigenvalue weighted by atomic mass is 10.2. The molecule has 0 aromatic carbocycles. The predicted molar refractivity (Wildman–Crippen MR) is 115 cm³/mol. The van der Waals surface area contributed by atoms with Gasteiger partial charge in [0.25, 0.3) is 0 Å². The van der Waals surface area contributed by atoms with Crippen molar-refractivity contribution in [3.8, 4) is 0 Å². The van der Waals surface area contributed by atoms with Crippen LogP contribution in [0.4, 0.5) is 0 Å². The highest BCUT2D eigenvalue weighted by Gasteiger charge is 2.14. The van der Waals surface area contributed by atoms with Crippen molar-refractivity contribution in [2.24, 2.45) is 4.99 Å². The molecule has 7 heteroatoms. The first-order valence-corrected chi connectivity index (χ1v) is 9.40. The molecule has 2 N–H and O–H groups in total. The lowest BCUT2D eigenvalue weighted by Gasteiger charge is -2.12. The van der Waals surface area contributed by atoms with Gasteiger partial charge in [-0.05, 0) is 44.2 Å². The number of hydrogen-bond donors (Lipinski definition) is 2. The zero-order chi connectivity index (χ0) is 17.0. The summed E-state index contributed by atoms with van der Waals surface area (Å²) in [5, 5.41) is 7.15. The molecule has 0 atom stereocenters. The average Bonchev–Trinajstić information content (AvgIpc) is 3.10. The summed E-state index contributed by atoms with van der Waals surface area (Å²) in [5.41, 5.74) is 1.16. The van der Waals surface area contributed by atoms with Crippen LogP contribution in [0, 0.1) is 0 Å². The highest BCUT2D eigenvalue weighted by Crippen LogP contribution is 2.20. The van der Waals surface area contributed by atoms with E-state index in [1.54, 1.807) is 0 Å². The maximum absolute atomic E-state index is 5.87. The van der Waals surface area contributed by atoms with Gasteiger partial charge in [0.05, 0.1) is 6.10 Å². The van der Waals surface area contributed by atoms with E-state index in [-0.39, 0.29) is 24.0 Å². The Kier molecular flexibility index (Phi) is 12.2. The third kappa shape index (κ3) is 9.61. The van der Waals surface area contributed by atoms with Crippen LogP contribution in [-0.4, -0.2) is 43.3 Å². The van der Waals surface area contributed by atoms with E-state index in [1.807, 2.05) is 18.3 Å². The fourth-order valence-corrected chi connectivity index (χ4v) is 2.89. The smallest absolute Gasteiger partial charge is 0.191 e. The number of aliphatic imine (C=N–C) groups is 1. The number of hydrogen-bond acceptors (Lipinski definition) is 3. The molecule has 142 valence electrons. The second-order valence-electron chi connectivity index (χ2n) is 6.06. The Morgan fingerprint density at radius 3 is 2.80 bits per heavy atom. The molecule has 0 saturated heterocycles. The van der Waals surface area contributed by atoms with Crippen molar-refractivity contribution >= 4 is 41.5 Å². The topological polar surface area (TPSA) is 58.5 Å². The molecule has 0 spiro atoms. The van der Waals surface area contributed by atoms with Crippen molar-refractivity contribution < 1.29 is 4.74 Å². The van der Waals surface area contributed by atoms with Gasteiger partial charge in [0.1, 0.15) is 5.15 Å². The van der Waals surface area contributed by atoms with Crippen molar-refractivity contribution in [2.45, 2.75) is 51.6 Å². The Labute approximate surface area is 173 Å². The van der Waals surface area contributed by atoms with E-state index in [2.05, 4.69) is 27.5 Å². The molecular formula is C18H30ClIN4O. The van der Waals surface area contributed by atoms with Gasteiger partial charge in [0.15, 0.2) is 5.96 Å². The van der Waals surface area contributed by atoms with Crippen LogP contribution in [0.3, 0.4) is 0 Å². The van der Waals surface area contributed by atoms with Gasteiger partial charge >= 0.3 is 0 Å². The maximum atomic E-state index is 5.87. The fraction of sp³-hybridized carbons (Fsp3) is 0.667. The summed E-state index contributed by atoms with van der Waals surface area (Å²) in [6.45, 7) is 5.33. The molecule has 1 heterocycles. The van der Waals surface area contributed by atoms with Crippen LogP contribution in [0.15, 0.2) is 23.3 Å². The van der Waals surface area contributed by atoms with Gasteiger partial charge in [-0.2, -0.15) is 0 Å². The van der Waals surface area contributed by atoms with E-state index in [9.17, 15) is 0 Å². The Bertz CT molecular complexity index is 492. The molecule has 2 rings (SSSR count). The van der Waals surface area contributed by atoms with Crippen molar-refractivity contribution in [3.05, 3.63) is 29.0 Å². The summed E-state index contributed by atoms with van der Waals surface area (Å²) in [6, 6.07) is 3.82. The summed E-state index contributed by atoms with van der Waals surface area (Å²) < 4.78 is 5.87. The van der Waals surface area contributed by atoms with Gasteiger partial charge in [-0.25, -0.2) is 4.98 Å². The van der Waals surface area contributed by atoms with Crippen LogP contribution < -0.4 is 10.6 Å². The summed E-state index contributed by atoms with van der Waals surface area (Å²) in [5.74, 6) is 0.861. The zero-order valence-corrected chi connectivity index (χ0v) is 18.1. The number of pyridine rings is 1. The second-order valence-corrected chi connectivity index (χ2v) is 6.44. The van der Waals surface area contributed by atoms with Gasteiger partial charge in [-0.1, -0.05) is 30.5 Å². The Balaban J connectivity index is 0.00000312. The second kappa shape index (κ2) is 13.6. The van der Waals surface area contributed by atoms with Crippen LogP contribution in [0.5, 0.6) is 0 Å². The molecule has 5 nitrogen and oxygen atoms in total. The molecule has 1 aromatic rings. The molecule has 1 aliphatic rings. The highest BCUT2D eigenvalue weighted by molar-refractivity contribution is 14.0. The fourth-order valence-electron chi connectivity index (χ4n) is 2.78. The van der Waals surface area contributed by atoms with Crippen LogP contribution in [-0.2, 0) is 11.2 Å². The third-order valence-electron chi connectivity index (χ3n) is 4.07. The van der Waals surface area contributed by atoms with Crippen LogP contribution in [0.2, 0.25) is 5.15 Å². The number of ether oxygens (including phenoxy) is 1.